The quantitative estimate of drug-likeness (QED) is 0.445. The summed E-state index contributed by atoms with van der Waals surface area (Å²) < 4.78 is 19.6. The monoisotopic (exact) mass is 281 g/mol. The van der Waals surface area contributed by atoms with Gasteiger partial charge in [0.1, 0.15) is 0 Å². The van der Waals surface area contributed by atoms with E-state index in [0.717, 1.165) is 4.90 Å². The average molecular weight is 281 g/mol. The van der Waals surface area contributed by atoms with E-state index >= 15 is 0 Å². The van der Waals surface area contributed by atoms with E-state index in [2.05, 4.69) is 9.47 Å². The molecule has 0 saturated heterocycles. The van der Waals surface area contributed by atoms with Crippen molar-refractivity contribution in [3.8, 4) is 0 Å². The van der Waals surface area contributed by atoms with Crippen LogP contribution in [0.15, 0.2) is 0 Å². The molecule has 0 aliphatic carbocycles. The lowest BCUT2D eigenvalue weighted by Gasteiger charge is -2.35. The fraction of sp³-hybridized carbons (Fsp3) is 0.778. The van der Waals surface area contributed by atoms with Crippen LogP contribution in [0.1, 0.15) is 19.8 Å². The molecule has 0 aromatic rings. The maximum Gasteiger partial charge on any atom is 0.410 e. The van der Waals surface area contributed by atoms with E-state index in [9.17, 15) is 23.9 Å². The van der Waals surface area contributed by atoms with Gasteiger partial charge in [-0.3, -0.25) is 4.79 Å². The Morgan fingerprint density at radius 3 is 2.39 bits per heavy atom. The van der Waals surface area contributed by atoms with E-state index in [4.69, 9.17) is 0 Å². The summed E-state index contributed by atoms with van der Waals surface area (Å²) >= 11 is 0. The second kappa shape index (κ2) is 8.07. The predicted octanol–water partition coefficient (Wildman–Crippen LogP) is -0.731. The van der Waals surface area contributed by atoms with Crippen molar-refractivity contribution in [2.45, 2.75) is 19.8 Å². The highest BCUT2D eigenvalue weighted by Crippen LogP contribution is 2.24. The Kier molecular flexibility index (Phi) is 7.58. The normalized spacial score (nSPS) is 10.9. The smallest absolute Gasteiger partial charge is 0.410 e. The second-order valence-corrected chi connectivity index (χ2v) is 4.90. The van der Waals surface area contributed by atoms with Crippen molar-refractivity contribution < 1.29 is 33.4 Å². The Balaban J connectivity index is 4.34. The minimum absolute atomic E-state index is 0.0222. The second-order valence-electron chi connectivity index (χ2n) is 3.39. The minimum Gasteiger partial charge on any atom is -0.810 e. The summed E-state index contributed by atoms with van der Waals surface area (Å²) in [5.74, 6) is -0.480. The SMILES string of the molecule is CCOC(=O)N(CCCC(=O)OC)CP(=O)([O-])[O-]. The number of hydrogen-bond acceptors (Lipinski definition) is 7. The molecule has 1 amide bonds. The van der Waals surface area contributed by atoms with Gasteiger partial charge in [0.2, 0.25) is 0 Å². The maximum absolute atomic E-state index is 11.4. The van der Waals surface area contributed by atoms with Crippen molar-refractivity contribution in [1.82, 2.24) is 4.90 Å². The average Bonchev–Trinajstić information content (AvgIpc) is 2.26. The zero-order valence-electron chi connectivity index (χ0n) is 10.3. The van der Waals surface area contributed by atoms with Gasteiger partial charge in [-0.2, -0.15) is 0 Å². The van der Waals surface area contributed by atoms with Crippen molar-refractivity contribution in [3.63, 3.8) is 0 Å². The van der Waals surface area contributed by atoms with Crippen LogP contribution in [0.5, 0.6) is 0 Å². The molecule has 0 aromatic carbocycles. The molecule has 0 unspecified atom stereocenters. The zero-order chi connectivity index (χ0) is 14.2. The third-order valence-electron chi connectivity index (χ3n) is 1.91. The molecule has 0 aliphatic heterocycles. The van der Waals surface area contributed by atoms with Crippen molar-refractivity contribution in [1.29, 1.82) is 0 Å². The Labute approximate surface area is 105 Å². The zero-order valence-corrected chi connectivity index (χ0v) is 11.2. The minimum atomic E-state index is -4.86. The summed E-state index contributed by atoms with van der Waals surface area (Å²) in [6, 6.07) is 0. The van der Waals surface area contributed by atoms with E-state index < -0.39 is 25.9 Å². The van der Waals surface area contributed by atoms with E-state index in [1.807, 2.05) is 0 Å². The van der Waals surface area contributed by atoms with Crippen molar-refractivity contribution in [2.75, 3.05) is 26.5 Å². The molecule has 18 heavy (non-hydrogen) atoms. The van der Waals surface area contributed by atoms with Crippen LogP contribution in [0, 0.1) is 0 Å². The molecule has 106 valence electrons. The van der Waals surface area contributed by atoms with Gasteiger partial charge in [0.05, 0.1) is 20.0 Å². The van der Waals surface area contributed by atoms with E-state index in [-0.39, 0.29) is 26.0 Å². The van der Waals surface area contributed by atoms with Gasteiger partial charge in [-0.15, -0.1) is 0 Å². The Morgan fingerprint density at radius 2 is 1.94 bits per heavy atom. The Morgan fingerprint density at radius 1 is 1.33 bits per heavy atom. The topological polar surface area (TPSA) is 119 Å². The summed E-state index contributed by atoms with van der Waals surface area (Å²) in [7, 11) is -3.64. The standard InChI is InChI=1S/C9H18NO7P/c1-3-17-9(12)10(7-18(13,14)15)6-4-5-8(11)16-2/h3-7H2,1-2H3,(H2,13,14,15)/p-2. The number of nitrogens with zero attached hydrogens (tertiary/aromatic N) is 1. The number of carbonyl (C=O) groups is 2. The molecule has 0 fully saturated rings. The molecular formula is C9H16NO7P-2. The predicted molar refractivity (Wildman–Crippen MR) is 57.5 cm³/mol. The first kappa shape index (κ1) is 16.9. The highest BCUT2D eigenvalue weighted by molar-refractivity contribution is 7.48. The highest BCUT2D eigenvalue weighted by atomic mass is 31.2. The lowest BCUT2D eigenvalue weighted by Crippen LogP contribution is -2.37. The van der Waals surface area contributed by atoms with Crippen LogP contribution in [0.2, 0.25) is 0 Å². The van der Waals surface area contributed by atoms with E-state index in [1.54, 1.807) is 6.92 Å². The van der Waals surface area contributed by atoms with Crippen LogP contribution in [0.4, 0.5) is 4.79 Å². The first-order valence-corrected chi connectivity index (χ1v) is 7.02. The fourth-order valence-corrected chi connectivity index (χ4v) is 1.83. The molecule has 0 aromatic heterocycles. The molecule has 0 atom stereocenters. The molecule has 0 heterocycles. The molecule has 0 radical (unpaired) electrons. The maximum atomic E-state index is 11.4. The van der Waals surface area contributed by atoms with Gasteiger partial charge in [0, 0.05) is 13.0 Å². The number of carbonyl (C=O) groups excluding carboxylic acids is 2. The van der Waals surface area contributed by atoms with Crippen LogP contribution in [-0.4, -0.2) is 43.5 Å². The van der Waals surface area contributed by atoms with E-state index in [0.29, 0.717) is 0 Å². The number of rotatable bonds is 7. The number of hydrogen-bond donors (Lipinski definition) is 0. The molecule has 0 aliphatic rings. The largest absolute Gasteiger partial charge is 0.810 e. The summed E-state index contributed by atoms with van der Waals surface area (Å²) in [6.07, 6.45) is -1.64. The number of ether oxygens (including phenoxy) is 2. The van der Waals surface area contributed by atoms with Crippen LogP contribution >= 0.6 is 7.60 Å². The summed E-state index contributed by atoms with van der Waals surface area (Å²) in [5.41, 5.74) is 0. The van der Waals surface area contributed by atoms with E-state index in [1.165, 1.54) is 7.11 Å². The Bertz CT molecular complexity index is 327. The molecule has 9 heteroatoms. The molecule has 0 saturated carbocycles. The van der Waals surface area contributed by atoms with Crippen molar-refractivity contribution >= 4 is 19.7 Å². The third-order valence-corrected chi connectivity index (χ3v) is 2.59. The van der Waals surface area contributed by atoms with Crippen LogP contribution < -0.4 is 9.79 Å². The highest BCUT2D eigenvalue weighted by Gasteiger charge is 2.16. The van der Waals surface area contributed by atoms with Gasteiger partial charge in [-0.25, -0.2) is 4.79 Å². The van der Waals surface area contributed by atoms with Crippen LogP contribution in [0.25, 0.3) is 0 Å². The molecule has 0 N–H and O–H groups in total. The number of methoxy groups -OCH3 is 1. The number of esters is 1. The first-order chi connectivity index (χ1) is 8.30. The Hall–Kier alpha value is -1.11. The molecule has 8 nitrogen and oxygen atoms in total. The summed E-state index contributed by atoms with van der Waals surface area (Å²) in [4.78, 5) is 44.2. The lowest BCUT2D eigenvalue weighted by atomic mass is 10.3. The van der Waals surface area contributed by atoms with Gasteiger partial charge < -0.3 is 28.7 Å². The van der Waals surface area contributed by atoms with Crippen molar-refractivity contribution in [3.05, 3.63) is 0 Å². The lowest BCUT2D eigenvalue weighted by molar-refractivity contribution is -0.315. The fourth-order valence-electron chi connectivity index (χ4n) is 1.16. The van der Waals surface area contributed by atoms with Gasteiger partial charge in [0.15, 0.2) is 0 Å². The van der Waals surface area contributed by atoms with Crippen LogP contribution in [0.3, 0.4) is 0 Å². The molecule has 0 rings (SSSR count). The molecule has 0 bridgehead atoms. The van der Waals surface area contributed by atoms with Crippen molar-refractivity contribution in [2.24, 2.45) is 0 Å². The number of amides is 1. The summed E-state index contributed by atoms with van der Waals surface area (Å²) in [5, 5.41) is 0. The first-order valence-electron chi connectivity index (χ1n) is 5.29. The summed E-state index contributed by atoms with van der Waals surface area (Å²) in [6.45, 7) is 1.55. The molecule has 0 spiro atoms. The van der Waals surface area contributed by atoms with Gasteiger partial charge in [0.25, 0.3) is 0 Å². The molecular weight excluding hydrogens is 265 g/mol. The van der Waals surface area contributed by atoms with Gasteiger partial charge in [-0.1, -0.05) is 0 Å². The van der Waals surface area contributed by atoms with Gasteiger partial charge in [-0.05, 0) is 20.9 Å². The third kappa shape index (κ3) is 8.05. The van der Waals surface area contributed by atoms with Gasteiger partial charge >= 0.3 is 12.1 Å². The van der Waals surface area contributed by atoms with Crippen LogP contribution in [-0.2, 0) is 18.8 Å².